The van der Waals surface area contributed by atoms with E-state index in [0.717, 1.165) is 5.56 Å². The van der Waals surface area contributed by atoms with Crippen LogP contribution in [-0.2, 0) is 11.3 Å². The Morgan fingerprint density at radius 1 is 1.43 bits per heavy atom. The van der Waals surface area contributed by atoms with Crippen LogP contribution in [0.1, 0.15) is 26.3 Å². The molecule has 0 aliphatic carbocycles. The van der Waals surface area contributed by atoms with Crippen molar-refractivity contribution in [2.45, 2.75) is 32.9 Å². The van der Waals surface area contributed by atoms with Gasteiger partial charge < -0.3 is 4.74 Å². The lowest BCUT2D eigenvalue weighted by atomic mass is 10.2. The largest absolute Gasteiger partial charge is 0.444 e. The molecule has 0 radical (unpaired) electrons. The van der Waals surface area contributed by atoms with Gasteiger partial charge in [0.15, 0.2) is 0 Å². The van der Waals surface area contributed by atoms with Crippen LogP contribution >= 0.6 is 0 Å². The molecule has 1 N–H and O–H groups in total. The second-order valence-corrected chi connectivity index (χ2v) is 5.98. The predicted molar refractivity (Wildman–Crippen MR) is 84.3 cm³/mol. The molecule has 1 amide bonds. The molecule has 1 heterocycles. The molecule has 2 rings (SSSR count). The lowest BCUT2D eigenvalue weighted by Gasteiger charge is -2.19. The molecule has 8 nitrogen and oxygen atoms in total. The lowest BCUT2D eigenvalue weighted by molar-refractivity contribution is -0.385. The van der Waals surface area contributed by atoms with Crippen molar-refractivity contribution in [2.75, 3.05) is 5.32 Å². The van der Waals surface area contributed by atoms with E-state index in [0.29, 0.717) is 12.2 Å². The molecule has 2 aromatic rings. The average Bonchev–Trinajstić information content (AvgIpc) is 2.85. The highest BCUT2D eigenvalue weighted by Gasteiger charge is 2.16. The van der Waals surface area contributed by atoms with Crippen molar-refractivity contribution in [3.05, 3.63) is 52.3 Å². The number of aromatic nitrogens is 2. The van der Waals surface area contributed by atoms with E-state index in [4.69, 9.17) is 4.74 Å². The molecular weight excluding hydrogens is 300 g/mol. The van der Waals surface area contributed by atoms with Crippen LogP contribution in [0.15, 0.2) is 36.7 Å². The van der Waals surface area contributed by atoms with E-state index in [1.54, 1.807) is 39.0 Å². The Bertz CT molecular complexity index is 718. The van der Waals surface area contributed by atoms with Gasteiger partial charge in [0.05, 0.1) is 11.5 Å². The van der Waals surface area contributed by atoms with Crippen molar-refractivity contribution < 1.29 is 14.5 Å². The molecular formula is C15H18N4O4. The van der Waals surface area contributed by atoms with E-state index in [1.165, 1.54) is 17.1 Å². The zero-order valence-electron chi connectivity index (χ0n) is 13.1. The third-order valence-electron chi connectivity index (χ3n) is 2.75. The van der Waals surface area contributed by atoms with E-state index in [2.05, 4.69) is 10.4 Å². The lowest BCUT2D eigenvalue weighted by Crippen LogP contribution is -2.27. The number of hydrogen-bond donors (Lipinski definition) is 1. The van der Waals surface area contributed by atoms with Gasteiger partial charge in [-0.3, -0.25) is 20.1 Å². The summed E-state index contributed by atoms with van der Waals surface area (Å²) < 4.78 is 6.65. The van der Waals surface area contributed by atoms with Gasteiger partial charge in [-0.05, 0) is 38.5 Å². The SMILES string of the molecule is CC(C)(C)OC(=O)Nc1cccc(Cn2cc([N+](=O)[O-])cn2)c1. The first-order valence-electron chi connectivity index (χ1n) is 6.99. The number of rotatable bonds is 4. The Hall–Kier alpha value is -2.90. The molecule has 0 unspecified atom stereocenters. The molecule has 0 aliphatic rings. The van der Waals surface area contributed by atoms with Crippen LogP contribution in [0.3, 0.4) is 0 Å². The molecule has 1 aromatic heterocycles. The van der Waals surface area contributed by atoms with Gasteiger partial charge in [-0.25, -0.2) is 4.79 Å². The van der Waals surface area contributed by atoms with Crippen molar-refractivity contribution in [3.8, 4) is 0 Å². The number of anilines is 1. The van der Waals surface area contributed by atoms with E-state index in [9.17, 15) is 14.9 Å². The van der Waals surface area contributed by atoms with Crippen molar-refractivity contribution in [3.63, 3.8) is 0 Å². The number of carbonyl (C=O) groups is 1. The van der Waals surface area contributed by atoms with E-state index >= 15 is 0 Å². The average molecular weight is 318 g/mol. The topological polar surface area (TPSA) is 99.3 Å². The van der Waals surface area contributed by atoms with Crippen LogP contribution in [-0.4, -0.2) is 26.4 Å². The Morgan fingerprint density at radius 3 is 2.78 bits per heavy atom. The molecule has 0 spiro atoms. The molecule has 0 saturated carbocycles. The van der Waals surface area contributed by atoms with Gasteiger partial charge in [0, 0.05) is 5.69 Å². The summed E-state index contributed by atoms with van der Waals surface area (Å²) in [4.78, 5) is 21.9. The highest BCUT2D eigenvalue weighted by atomic mass is 16.6. The minimum atomic E-state index is -0.574. The van der Waals surface area contributed by atoms with Crippen molar-refractivity contribution in [1.82, 2.24) is 9.78 Å². The van der Waals surface area contributed by atoms with Gasteiger partial charge in [0.25, 0.3) is 0 Å². The standard InChI is InChI=1S/C15H18N4O4/c1-15(2,3)23-14(20)17-12-6-4-5-11(7-12)9-18-10-13(8-16-18)19(21)22/h4-8,10H,9H2,1-3H3,(H,17,20). The van der Waals surface area contributed by atoms with Gasteiger partial charge in [0.2, 0.25) is 0 Å². The molecule has 122 valence electrons. The second-order valence-electron chi connectivity index (χ2n) is 5.98. The summed E-state index contributed by atoms with van der Waals surface area (Å²) in [7, 11) is 0. The fraction of sp³-hybridized carbons (Fsp3) is 0.333. The molecule has 23 heavy (non-hydrogen) atoms. The minimum absolute atomic E-state index is 0.0620. The maximum absolute atomic E-state index is 11.8. The normalized spacial score (nSPS) is 11.1. The number of carbonyl (C=O) groups excluding carboxylic acids is 1. The quantitative estimate of drug-likeness (QED) is 0.689. The Balaban J connectivity index is 2.04. The number of nitrogens with one attached hydrogen (secondary N) is 1. The monoisotopic (exact) mass is 318 g/mol. The van der Waals surface area contributed by atoms with Crippen molar-refractivity contribution in [1.29, 1.82) is 0 Å². The third kappa shape index (κ3) is 5.10. The Morgan fingerprint density at radius 2 is 2.17 bits per heavy atom. The van der Waals surface area contributed by atoms with Crippen LogP contribution in [0.4, 0.5) is 16.2 Å². The summed E-state index contributed by atoms with van der Waals surface area (Å²) in [6.45, 7) is 5.71. The van der Waals surface area contributed by atoms with E-state index in [-0.39, 0.29) is 5.69 Å². The van der Waals surface area contributed by atoms with Gasteiger partial charge in [0.1, 0.15) is 18.0 Å². The first kappa shape index (κ1) is 16.5. The first-order chi connectivity index (χ1) is 10.7. The summed E-state index contributed by atoms with van der Waals surface area (Å²) in [6, 6.07) is 7.12. The fourth-order valence-electron chi connectivity index (χ4n) is 1.89. The van der Waals surface area contributed by atoms with Gasteiger partial charge in [-0.2, -0.15) is 5.10 Å². The van der Waals surface area contributed by atoms with Gasteiger partial charge in [-0.1, -0.05) is 12.1 Å². The molecule has 0 aliphatic heterocycles. The van der Waals surface area contributed by atoms with Crippen LogP contribution in [0.25, 0.3) is 0 Å². The van der Waals surface area contributed by atoms with Crippen molar-refractivity contribution >= 4 is 17.5 Å². The van der Waals surface area contributed by atoms with Crippen LogP contribution in [0, 0.1) is 10.1 Å². The zero-order chi connectivity index (χ0) is 17.0. The van der Waals surface area contributed by atoms with Crippen LogP contribution < -0.4 is 5.32 Å². The maximum Gasteiger partial charge on any atom is 0.412 e. The molecule has 0 bridgehead atoms. The van der Waals surface area contributed by atoms with Gasteiger partial charge in [-0.15, -0.1) is 0 Å². The first-order valence-corrected chi connectivity index (χ1v) is 6.99. The number of hydrogen-bond acceptors (Lipinski definition) is 5. The fourth-order valence-corrected chi connectivity index (χ4v) is 1.89. The summed E-state index contributed by atoms with van der Waals surface area (Å²) >= 11 is 0. The Labute approximate surface area is 133 Å². The molecule has 0 saturated heterocycles. The molecule has 1 aromatic carbocycles. The smallest absolute Gasteiger partial charge is 0.412 e. The Kier molecular flexibility index (Phi) is 4.63. The number of amides is 1. The highest BCUT2D eigenvalue weighted by molar-refractivity contribution is 5.84. The van der Waals surface area contributed by atoms with E-state index in [1.807, 2.05) is 6.07 Å². The number of nitrogens with zero attached hydrogens (tertiary/aromatic N) is 3. The van der Waals surface area contributed by atoms with Gasteiger partial charge >= 0.3 is 11.8 Å². The minimum Gasteiger partial charge on any atom is -0.444 e. The molecule has 8 heteroatoms. The molecule has 0 atom stereocenters. The predicted octanol–water partition coefficient (Wildman–Crippen LogP) is 3.19. The summed E-state index contributed by atoms with van der Waals surface area (Å²) in [5.74, 6) is 0. The zero-order valence-corrected chi connectivity index (χ0v) is 13.1. The van der Waals surface area contributed by atoms with Crippen LogP contribution in [0.5, 0.6) is 0 Å². The third-order valence-corrected chi connectivity index (χ3v) is 2.75. The summed E-state index contributed by atoms with van der Waals surface area (Å²) in [6.07, 6.45) is 2.01. The molecule has 0 fully saturated rings. The maximum atomic E-state index is 11.8. The number of benzene rings is 1. The number of nitro groups is 1. The van der Waals surface area contributed by atoms with E-state index < -0.39 is 16.6 Å². The van der Waals surface area contributed by atoms with Crippen molar-refractivity contribution in [2.24, 2.45) is 0 Å². The number of ether oxygens (including phenoxy) is 1. The summed E-state index contributed by atoms with van der Waals surface area (Å²) in [5, 5.41) is 17.2. The second kappa shape index (κ2) is 6.47. The van der Waals surface area contributed by atoms with Crippen LogP contribution in [0.2, 0.25) is 0 Å². The summed E-state index contributed by atoms with van der Waals surface area (Å²) in [5.41, 5.74) is 0.790. The highest BCUT2D eigenvalue weighted by Crippen LogP contribution is 2.15.